The van der Waals surface area contributed by atoms with Gasteiger partial charge in [0, 0.05) is 18.7 Å². The Hall–Kier alpha value is -3.85. The second kappa shape index (κ2) is 12.9. The molecule has 0 unspecified atom stereocenters. The Bertz CT molecular complexity index is 1210. The minimum Gasteiger partial charge on any atom is -0.507 e. The van der Waals surface area contributed by atoms with E-state index in [9.17, 15) is 27.9 Å². The van der Waals surface area contributed by atoms with Crippen LogP contribution in [0.25, 0.3) is 11.1 Å². The zero-order chi connectivity index (χ0) is 26.8. The predicted molar refractivity (Wildman–Crippen MR) is 131 cm³/mol. The molecule has 0 saturated heterocycles. The highest BCUT2D eigenvalue weighted by Gasteiger charge is 2.31. The zero-order valence-electron chi connectivity index (χ0n) is 20.3. The smallest absolute Gasteiger partial charge is 0.416 e. The summed E-state index contributed by atoms with van der Waals surface area (Å²) in [6, 6.07) is 16.9. The number of benzene rings is 3. The number of ether oxygens (including phenoxy) is 2. The second-order valence-corrected chi connectivity index (χ2v) is 8.28. The molecular formula is C28H28F3NO5. The lowest BCUT2D eigenvalue weighted by Crippen LogP contribution is -2.20. The molecule has 0 amide bonds. The lowest BCUT2D eigenvalue weighted by atomic mass is 9.94. The topological polar surface area (TPSA) is 84.9 Å². The fourth-order valence-electron chi connectivity index (χ4n) is 3.69. The van der Waals surface area contributed by atoms with Crippen LogP contribution in [-0.4, -0.2) is 30.2 Å². The molecule has 9 heteroatoms. The van der Waals surface area contributed by atoms with Gasteiger partial charge in [0.1, 0.15) is 12.4 Å². The van der Waals surface area contributed by atoms with Crippen molar-refractivity contribution >= 4 is 11.9 Å². The number of carbonyl (C=O) groups is 2. The molecule has 0 bridgehead atoms. The lowest BCUT2D eigenvalue weighted by molar-refractivity contribution is -0.145. The number of hydrogen-bond donors (Lipinski definition) is 2. The summed E-state index contributed by atoms with van der Waals surface area (Å²) in [7, 11) is 0. The summed E-state index contributed by atoms with van der Waals surface area (Å²) in [4.78, 5) is 23.9. The number of nitrogens with one attached hydrogen (secondary N) is 1. The number of phenols is 1. The second-order valence-electron chi connectivity index (χ2n) is 8.28. The predicted octanol–water partition coefficient (Wildman–Crippen LogP) is 5.41. The van der Waals surface area contributed by atoms with Gasteiger partial charge in [-0.25, -0.2) is 0 Å². The Labute approximate surface area is 213 Å². The summed E-state index contributed by atoms with van der Waals surface area (Å²) in [5.74, 6) is -1.03. The largest absolute Gasteiger partial charge is 0.507 e. The number of hydrogen-bond acceptors (Lipinski definition) is 6. The quantitative estimate of drug-likeness (QED) is 0.263. The molecule has 196 valence electrons. The van der Waals surface area contributed by atoms with Crippen molar-refractivity contribution in [3.8, 4) is 16.9 Å². The molecule has 0 aliphatic rings. The highest BCUT2D eigenvalue weighted by Crippen LogP contribution is 2.37. The standard InChI is InChI=1S/C28H28F3NO5/c1-2-36-27(35)15-20-8-11-25(33)24(14-20)23-10-9-22(28(29,30)31)16-21(23)17-32-13-12-26(34)37-18-19-6-4-3-5-7-19/h3-11,14,16,32-33H,2,12-13,15,17-18H2,1H3. The van der Waals surface area contributed by atoms with E-state index in [-0.39, 0.29) is 56.0 Å². The van der Waals surface area contributed by atoms with Crippen LogP contribution in [0, 0.1) is 0 Å². The average Bonchev–Trinajstić information content (AvgIpc) is 2.87. The van der Waals surface area contributed by atoms with Gasteiger partial charge in [0.25, 0.3) is 0 Å². The first-order valence-electron chi connectivity index (χ1n) is 11.8. The van der Waals surface area contributed by atoms with Crippen molar-refractivity contribution in [1.82, 2.24) is 5.32 Å². The van der Waals surface area contributed by atoms with Crippen molar-refractivity contribution in [1.29, 1.82) is 0 Å². The van der Waals surface area contributed by atoms with Crippen LogP contribution >= 0.6 is 0 Å². The fraction of sp³-hybridized carbons (Fsp3) is 0.286. The van der Waals surface area contributed by atoms with Crippen LogP contribution in [0.1, 0.15) is 35.6 Å². The van der Waals surface area contributed by atoms with E-state index < -0.39 is 23.7 Å². The van der Waals surface area contributed by atoms with Gasteiger partial charge in [-0.1, -0.05) is 42.5 Å². The highest BCUT2D eigenvalue weighted by molar-refractivity contribution is 5.77. The first kappa shape index (κ1) is 27.7. The van der Waals surface area contributed by atoms with Crippen molar-refractivity contribution in [3.63, 3.8) is 0 Å². The summed E-state index contributed by atoms with van der Waals surface area (Å²) in [5.41, 5.74) is 1.49. The molecule has 0 aromatic heterocycles. The fourth-order valence-corrected chi connectivity index (χ4v) is 3.69. The maximum Gasteiger partial charge on any atom is 0.416 e. The van der Waals surface area contributed by atoms with Gasteiger partial charge in [-0.3, -0.25) is 9.59 Å². The highest BCUT2D eigenvalue weighted by atomic mass is 19.4. The van der Waals surface area contributed by atoms with E-state index in [4.69, 9.17) is 9.47 Å². The van der Waals surface area contributed by atoms with Crippen molar-refractivity contribution in [2.45, 2.75) is 39.1 Å². The van der Waals surface area contributed by atoms with Crippen molar-refractivity contribution in [2.24, 2.45) is 0 Å². The number of phenolic OH excluding ortho intramolecular Hbond substituents is 1. The van der Waals surface area contributed by atoms with Gasteiger partial charge in [-0.15, -0.1) is 0 Å². The van der Waals surface area contributed by atoms with Crippen molar-refractivity contribution in [2.75, 3.05) is 13.2 Å². The molecular weight excluding hydrogens is 487 g/mol. The molecule has 3 aromatic carbocycles. The summed E-state index contributed by atoms with van der Waals surface area (Å²) in [6.45, 7) is 2.23. The van der Waals surface area contributed by atoms with Gasteiger partial charge in [-0.2, -0.15) is 13.2 Å². The normalized spacial score (nSPS) is 11.2. The van der Waals surface area contributed by atoms with Gasteiger partial charge in [0.15, 0.2) is 0 Å². The summed E-state index contributed by atoms with van der Waals surface area (Å²) in [5, 5.41) is 13.4. The third-order valence-corrected chi connectivity index (χ3v) is 5.50. The Balaban J connectivity index is 1.72. The Morgan fingerprint density at radius 2 is 1.65 bits per heavy atom. The summed E-state index contributed by atoms with van der Waals surface area (Å²) in [6.07, 6.45) is -4.57. The molecule has 0 radical (unpaired) electrons. The molecule has 3 rings (SSSR count). The molecule has 6 nitrogen and oxygen atoms in total. The molecule has 2 N–H and O–H groups in total. The molecule has 0 aliphatic heterocycles. The van der Waals surface area contributed by atoms with E-state index in [1.54, 1.807) is 19.1 Å². The first-order chi connectivity index (χ1) is 17.7. The van der Waals surface area contributed by atoms with Crippen LogP contribution in [0.3, 0.4) is 0 Å². The van der Waals surface area contributed by atoms with E-state index >= 15 is 0 Å². The van der Waals surface area contributed by atoms with Crippen LogP contribution in [0.4, 0.5) is 13.2 Å². The van der Waals surface area contributed by atoms with Gasteiger partial charge in [0.2, 0.25) is 0 Å². The lowest BCUT2D eigenvalue weighted by Gasteiger charge is -2.16. The third-order valence-electron chi connectivity index (χ3n) is 5.50. The Kier molecular flexibility index (Phi) is 9.68. The zero-order valence-corrected chi connectivity index (χ0v) is 20.3. The number of carbonyl (C=O) groups excluding carboxylic acids is 2. The van der Waals surface area contributed by atoms with Crippen molar-refractivity contribution < 1.29 is 37.3 Å². The molecule has 0 aliphatic carbocycles. The van der Waals surface area contributed by atoms with Crippen LogP contribution in [0.2, 0.25) is 0 Å². The molecule has 0 heterocycles. The number of aromatic hydroxyl groups is 1. The molecule has 37 heavy (non-hydrogen) atoms. The van der Waals surface area contributed by atoms with Gasteiger partial charge in [-0.05, 0) is 53.4 Å². The molecule has 3 aromatic rings. The van der Waals surface area contributed by atoms with E-state index in [1.165, 1.54) is 12.1 Å². The third kappa shape index (κ3) is 8.35. The maximum atomic E-state index is 13.4. The number of esters is 2. The van der Waals surface area contributed by atoms with E-state index in [2.05, 4.69) is 5.32 Å². The SMILES string of the molecule is CCOC(=O)Cc1ccc(O)c(-c2ccc(C(F)(F)F)cc2CNCCC(=O)OCc2ccccc2)c1. The summed E-state index contributed by atoms with van der Waals surface area (Å²) < 4.78 is 50.4. The van der Waals surface area contributed by atoms with Gasteiger partial charge in [0.05, 0.1) is 25.0 Å². The van der Waals surface area contributed by atoms with E-state index in [1.807, 2.05) is 30.3 Å². The van der Waals surface area contributed by atoms with Gasteiger partial charge >= 0.3 is 18.1 Å². The molecule has 0 spiro atoms. The average molecular weight is 516 g/mol. The number of rotatable bonds is 11. The monoisotopic (exact) mass is 515 g/mol. The van der Waals surface area contributed by atoms with Crippen LogP contribution in [0.15, 0.2) is 66.7 Å². The molecule has 0 atom stereocenters. The van der Waals surface area contributed by atoms with Crippen molar-refractivity contribution in [3.05, 3.63) is 89.0 Å². The van der Waals surface area contributed by atoms with Gasteiger partial charge < -0.3 is 19.9 Å². The molecule has 0 fully saturated rings. The van der Waals surface area contributed by atoms with Crippen LogP contribution in [0.5, 0.6) is 5.75 Å². The first-order valence-corrected chi connectivity index (χ1v) is 11.8. The molecule has 0 saturated carbocycles. The van der Waals surface area contributed by atoms with E-state index in [0.29, 0.717) is 11.1 Å². The minimum absolute atomic E-state index is 0.00671. The Morgan fingerprint density at radius 1 is 0.892 bits per heavy atom. The van der Waals surface area contributed by atoms with Crippen LogP contribution in [-0.2, 0) is 44.8 Å². The minimum atomic E-state index is -4.55. The number of alkyl halides is 3. The Morgan fingerprint density at radius 3 is 2.35 bits per heavy atom. The number of halogens is 3. The summed E-state index contributed by atoms with van der Waals surface area (Å²) >= 11 is 0. The van der Waals surface area contributed by atoms with E-state index in [0.717, 1.165) is 17.7 Å². The maximum absolute atomic E-state index is 13.4. The van der Waals surface area contributed by atoms with Crippen LogP contribution < -0.4 is 5.32 Å².